The van der Waals surface area contributed by atoms with Crippen molar-refractivity contribution in [2.75, 3.05) is 19.8 Å². The highest BCUT2D eigenvalue weighted by molar-refractivity contribution is 5.92. The standard InChI is InChI=1S/C16H21NO3/c1-12-5-3-4-6-14(12)7-8-16(19)17-9-15(10-18)20-11-13(17)2/h3-8,13,15,18H,9-11H2,1-2H3/b8-7+. The number of nitrogens with zero attached hydrogens (tertiary/aromatic N) is 1. The summed E-state index contributed by atoms with van der Waals surface area (Å²) in [5, 5.41) is 9.14. The molecule has 4 nitrogen and oxygen atoms in total. The van der Waals surface area contributed by atoms with Crippen LogP contribution < -0.4 is 0 Å². The summed E-state index contributed by atoms with van der Waals surface area (Å²) in [6, 6.07) is 7.97. The van der Waals surface area contributed by atoms with Crippen molar-refractivity contribution >= 4 is 12.0 Å². The number of amides is 1. The van der Waals surface area contributed by atoms with Gasteiger partial charge in [-0.3, -0.25) is 4.79 Å². The summed E-state index contributed by atoms with van der Waals surface area (Å²) in [6.07, 6.45) is 3.16. The van der Waals surface area contributed by atoms with Crippen LogP contribution in [0.25, 0.3) is 6.08 Å². The van der Waals surface area contributed by atoms with E-state index in [0.717, 1.165) is 11.1 Å². The Balaban J connectivity index is 2.05. The van der Waals surface area contributed by atoms with Gasteiger partial charge in [-0.25, -0.2) is 0 Å². The number of carbonyl (C=O) groups excluding carboxylic acids is 1. The molecule has 0 bridgehead atoms. The summed E-state index contributed by atoms with van der Waals surface area (Å²) in [5.41, 5.74) is 2.18. The predicted octanol–water partition coefficient (Wildman–Crippen LogP) is 1.62. The van der Waals surface area contributed by atoms with Crippen LogP contribution in [0.4, 0.5) is 0 Å². The Morgan fingerprint density at radius 3 is 2.95 bits per heavy atom. The van der Waals surface area contributed by atoms with Gasteiger partial charge >= 0.3 is 0 Å². The molecule has 2 rings (SSSR count). The van der Waals surface area contributed by atoms with Crippen LogP contribution in [-0.4, -0.2) is 47.8 Å². The molecule has 1 fully saturated rings. The zero-order valence-electron chi connectivity index (χ0n) is 12.0. The highest BCUT2D eigenvalue weighted by atomic mass is 16.5. The highest BCUT2D eigenvalue weighted by Gasteiger charge is 2.27. The molecule has 0 aliphatic carbocycles. The number of rotatable bonds is 3. The third-order valence-corrected chi connectivity index (χ3v) is 3.59. The molecule has 1 aliphatic rings. The van der Waals surface area contributed by atoms with Crippen LogP contribution in [0.1, 0.15) is 18.1 Å². The topological polar surface area (TPSA) is 49.8 Å². The number of hydrogen-bond acceptors (Lipinski definition) is 3. The Labute approximate surface area is 119 Å². The summed E-state index contributed by atoms with van der Waals surface area (Å²) in [7, 11) is 0. The molecule has 108 valence electrons. The largest absolute Gasteiger partial charge is 0.394 e. The average molecular weight is 275 g/mol. The van der Waals surface area contributed by atoms with Gasteiger partial charge in [0.05, 0.1) is 25.4 Å². The maximum atomic E-state index is 12.3. The SMILES string of the molecule is Cc1ccccc1/C=C/C(=O)N1CC(CO)OCC1C. The molecular formula is C16H21NO3. The van der Waals surface area contributed by atoms with E-state index in [0.29, 0.717) is 13.2 Å². The van der Waals surface area contributed by atoms with Gasteiger partial charge in [-0.2, -0.15) is 0 Å². The lowest BCUT2D eigenvalue weighted by molar-refractivity contribution is -0.140. The first-order valence-electron chi connectivity index (χ1n) is 6.88. The number of aryl methyl sites for hydroxylation is 1. The zero-order chi connectivity index (χ0) is 14.5. The van der Waals surface area contributed by atoms with E-state index in [4.69, 9.17) is 9.84 Å². The first-order chi connectivity index (χ1) is 9.61. The predicted molar refractivity (Wildman–Crippen MR) is 78.2 cm³/mol. The molecule has 0 spiro atoms. The molecule has 1 saturated heterocycles. The van der Waals surface area contributed by atoms with E-state index < -0.39 is 0 Å². The Hall–Kier alpha value is -1.65. The summed E-state index contributed by atoms with van der Waals surface area (Å²) < 4.78 is 5.43. The van der Waals surface area contributed by atoms with Gasteiger partial charge in [0, 0.05) is 12.6 Å². The second-order valence-electron chi connectivity index (χ2n) is 5.17. The van der Waals surface area contributed by atoms with E-state index in [1.807, 2.05) is 44.2 Å². The normalized spacial score (nSPS) is 23.2. The van der Waals surface area contributed by atoms with E-state index in [-0.39, 0.29) is 24.7 Å². The monoisotopic (exact) mass is 275 g/mol. The summed E-state index contributed by atoms with van der Waals surface area (Å²) >= 11 is 0. The zero-order valence-corrected chi connectivity index (χ0v) is 12.0. The van der Waals surface area contributed by atoms with E-state index in [1.165, 1.54) is 0 Å². The van der Waals surface area contributed by atoms with Crippen LogP contribution in [0.2, 0.25) is 0 Å². The molecule has 4 heteroatoms. The number of benzene rings is 1. The van der Waals surface area contributed by atoms with Crippen LogP contribution in [0, 0.1) is 6.92 Å². The van der Waals surface area contributed by atoms with Crippen molar-refractivity contribution in [3.8, 4) is 0 Å². The fourth-order valence-electron chi connectivity index (χ4n) is 2.27. The second kappa shape index (κ2) is 6.68. The lowest BCUT2D eigenvalue weighted by Gasteiger charge is -2.36. The average Bonchev–Trinajstić information content (AvgIpc) is 2.46. The molecule has 1 amide bonds. The fourth-order valence-corrected chi connectivity index (χ4v) is 2.27. The summed E-state index contributed by atoms with van der Waals surface area (Å²) in [6.45, 7) is 4.82. The smallest absolute Gasteiger partial charge is 0.246 e. The fraction of sp³-hybridized carbons (Fsp3) is 0.438. The van der Waals surface area contributed by atoms with Gasteiger partial charge in [0.25, 0.3) is 0 Å². The number of hydrogen-bond donors (Lipinski definition) is 1. The molecule has 2 atom stereocenters. The van der Waals surface area contributed by atoms with Crippen LogP contribution in [-0.2, 0) is 9.53 Å². The maximum Gasteiger partial charge on any atom is 0.246 e. The maximum absolute atomic E-state index is 12.3. The molecule has 1 aromatic rings. The minimum atomic E-state index is -0.276. The van der Waals surface area contributed by atoms with E-state index in [9.17, 15) is 4.79 Å². The van der Waals surface area contributed by atoms with Gasteiger partial charge in [0.1, 0.15) is 0 Å². The molecule has 0 saturated carbocycles. The van der Waals surface area contributed by atoms with Crippen molar-refractivity contribution in [1.29, 1.82) is 0 Å². The molecular weight excluding hydrogens is 254 g/mol. The minimum Gasteiger partial charge on any atom is -0.394 e. The number of ether oxygens (including phenoxy) is 1. The van der Waals surface area contributed by atoms with Crippen LogP contribution in [0.5, 0.6) is 0 Å². The van der Waals surface area contributed by atoms with E-state index in [1.54, 1.807) is 11.0 Å². The first-order valence-corrected chi connectivity index (χ1v) is 6.88. The van der Waals surface area contributed by atoms with Gasteiger partial charge in [-0.1, -0.05) is 24.3 Å². The van der Waals surface area contributed by atoms with Gasteiger partial charge < -0.3 is 14.7 Å². The molecule has 0 aromatic heterocycles. The summed E-state index contributed by atoms with van der Waals surface area (Å²) in [4.78, 5) is 14.0. The number of aliphatic hydroxyl groups excluding tert-OH is 1. The van der Waals surface area contributed by atoms with E-state index >= 15 is 0 Å². The minimum absolute atomic E-state index is 0.0341. The van der Waals surface area contributed by atoms with Crippen LogP contribution in [0.15, 0.2) is 30.3 Å². The lowest BCUT2D eigenvalue weighted by atomic mass is 10.1. The van der Waals surface area contributed by atoms with Gasteiger partial charge in [-0.05, 0) is 31.1 Å². The molecule has 1 N–H and O–H groups in total. The van der Waals surface area contributed by atoms with E-state index in [2.05, 4.69) is 0 Å². The lowest BCUT2D eigenvalue weighted by Crippen LogP contribution is -2.51. The van der Waals surface area contributed by atoms with Crippen molar-refractivity contribution in [1.82, 2.24) is 4.90 Å². The quantitative estimate of drug-likeness (QED) is 0.853. The van der Waals surface area contributed by atoms with Crippen LogP contribution >= 0.6 is 0 Å². The molecule has 2 unspecified atom stereocenters. The van der Waals surface area contributed by atoms with Crippen molar-refractivity contribution in [2.45, 2.75) is 26.0 Å². The first kappa shape index (κ1) is 14.8. The van der Waals surface area contributed by atoms with Gasteiger partial charge in [0.2, 0.25) is 5.91 Å². The van der Waals surface area contributed by atoms with Crippen molar-refractivity contribution in [2.24, 2.45) is 0 Å². The third kappa shape index (κ3) is 3.46. The molecule has 1 aromatic carbocycles. The number of morpholine rings is 1. The van der Waals surface area contributed by atoms with Crippen molar-refractivity contribution in [3.63, 3.8) is 0 Å². The Morgan fingerprint density at radius 1 is 1.50 bits per heavy atom. The Bertz CT molecular complexity index is 498. The molecule has 1 heterocycles. The number of aliphatic hydroxyl groups is 1. The third-order valence-electron chi connectivity index (χ3n) is 3.59. The molecule has 1 aliphatic heterocycles. The summed E-state index contributed by atoms with van der Waals surface area (Å²) in [5.74, 6) is -0.0393. The Morgan fingerprint density at radius 2 is 2.25 bits per heavy atom. The second-order valence-corrected chi connectivity index (χ2v) is 5.17. The molecule has 20 heavy (non-hydrogen) atoms. The van der Waals surface area contributed by atoms with Gasteiger partial charge in [-0.15, -0.1) is 0 Å². The van der Waals surface area contributed by atoms with Crippen molar-refractivity contribution < 1.29 is 14.6 Å². The van der Waals surface area contributed by atoms with Crippen LogP contribution in [0.3, 0.4) is 0 Å². The highest BCUT2D eigenvalue weighted by Crippen LogP contribution is 2.14. The Kier molecular flexibility index (Phi) is 4.93. The number of carbonyl (C=O) groups is 1. The molecule has 0 radical (unpaired) electrons. The van der Waals surface area contributed by atoms with Crippen molar-refractivity contribution in [3.05, 3.63) is 41.5 Å². The van der Waals surface area contributed by atoms with Gasteiger partial charge in [0.15, 0.2) is 0 Å².